The number of ether oxygens (including phenoxy) is 1. The Morgan fingerprint density at radius 2 is 1.95 bits per heavy atom. The average Bonchev–Trinajstić information content (AvgIpc) is 2.45. The number of nitrogens with zero attached hydrogens (tertiary/aromatic N) is 1. The molecule has 0 unspecified atom stereocenters. The quantitative estimate of drug-likeness (QED) is 0.665. The predicted molar refractivity (Wildman–Crippen MR) is 75.9 cm³/mol. The van der Waals surface area contributed by atoms with Gasteiger partial charge in [-0.25, -0.2) is 18.0 Å². The van der Waals surface area contributed by atoms with Gasteiger partial charge in [-0.05, 0) is 12.8 Å². The van der Waals surface area contributed by atoms with Crippen molar-refractivity contribution in [2.75, 3.05) is 37.7 Å². The molecule has 0 bridgehead atoms. The molecule has 0 saturated carbocycles. The first-order valence-electron chi connectivity index (χ1n) is 6.90. The second-order valence-electron chi connectivity index (χ2n) is 4.86. The lowest BCUT2D eigenvalue weighted by molar-refractivity contribution is -0.145. The van der Waals surface area contributed by atoms with Crippen molar-refractivity contribution in [2.24, 2.45) is 0 Å². The molecule has 8 nitrogen and oxygen atoms in total. The van der Waals surface area contributed by atoms with E-state index in [1.54, 1.807) is 11.8 Å². The standard InChI is InChI=1S/C12H22N2O6S/c1-2-21(18,19)8-5-13-12(17)14-6-3-10(4-7-14)20-9-11(15)16/h10H,2-9H2,1H3,(H,13,17)(H,15,16). The maximum absolute atomic E-state index is 11.8. The zero-order valence-corrected chi connectivity index (χ0v) is 12.9. The van der Waals surface area contributed by atoms with Gasteiger partial charge in [-0.15, -0.1) is 0 Å². The normalized spacial score (nSPS) is 16.7. The third-order valence-corrected chi connectivity index (χ3v) is 5.01. The molecule has 1 rings (SSSR count). The number of rotatable bonds is 7. The topological polar surface area (TPSA) is 113 Å². The second-order valence-corrected chi connectivity index (χ2v) is 7.33. The fraction of sp³-hybridized carbons (Fsp3) is 0.833. The Balaban J connectivity index is 2.24. The van der Waals surface area contributed by atoms with Crippen LogP contribution < -0.4 is 5.32 Å². The van der Waals surface area contributed by atoms with E-state index in [1.165, 1.54) is 0 Å². The minimum absolute atomic E-state index is 0.0621. The number of amides is 2. The lowest BCUT2D eigenvalue weighted by Gasteiger charge is -2.31. The summed E-state index contributed by atoms with van der Waals surface area (Å²) in [7, 11) is -3.08. The van der Waals surface area contributed by atoms with E-state index in [-0.39, 0.29) is 36.8 Å². The van der Waals surface area contributed by atoms with Crippen LogP contribution in [0, 0.1) is 0 Å². The van der Waals surface area contributed by atoms with Crippen molar-refractivity contribution in [3.8, 4) is 0 Å². The second kappa shape index (κ2) is 8.18. The summed E-state index contributed by atoms with van der Waals surface area (Å²) in [6, 6.07) is -0.294. The maximum atomic E-state index is 11.8. The monoisotopic (exact) mass is 322 g/mol. The summed E-state index contributed by atoms with van der Waals surface area (Å²) in [5, 5.41) is 11.1. The van der Waals surface area contributed by atoms with Crippen LogP contribution in [0.5, 0.6) is 0 Å². The smallest absolute Gasteiger partial charge is 0.329 e. The minimum atomic E-state index is -3.08. The zero-order chi connectivity index (χ0) is 15.9. The lowest BCUT2D eigenvalue weighted by atomic mass is 10.1. The fourth-order valence-corrected chi connectivity index (χ4v) is 2.69. The molecule has 0 aromatic carbocycles. The molecule has 0 aromatic rings. The number of carboxylic acid groups (broad SMARTS) is 1. The summed E-state index contributed by atoms with van der Waals surface area (Å²) in [5.74, 6) is -1.00. The summed E-state index contributed by atoms with van der Waals surface area (Å²) in [4.78, 5) is 23.8. The molecule has 1 aliphatic heterocycles. The van der Waals surface area contributed by atoms with Crippen molar-refractivity contribution in [3.63, 3.8) is 0 Å². The molecular weight excluding hydrogens is 300 g/mol. The van der Waals surface area contributed by atoms with E-state index in [0.717, 1.165) is 0 Å². The van der Waals surface area contributed by atoms with Gasteiger partial charge in [0.15, 0.2) is 9.84 Å². The number of piperidine rings is 1. The SMILES string of the molecule is CCS(=O)(=O)CCNC(=O)N1CCC(OCC(=O)O)CC1. The highest BCUT2D eigenvalue weighted by molar-refractivity contribution is 7.91. The number of urea groups is 1. The van der Waals surface area contributed by atoms with Crippen LogP contribution in [-0.4, -0.2) is 74.3 Å². The number of nitrogens with one attached hydrogen (secondary N) is 1. The molecule has 122 valence electrons. The molecule has 0 spiro atoms. The highest BCUT2D eigenvalue weighted by Crippen LogP contribution is 2.13. The summed E-state index contributed by atoms with van der Waals surface area (Å²) >= 11 is 0. The molecular formula is C12H22N2O6S. The number of carbonyl (C=O) groups is 2. The third kappa shape index (κ3) is 6.76. The van der Waals surface area contributed by atoms with Gasteiger partial charge in [-0.2, -0.15) is 0 Å². The van der Waals surface area contributed by atoms with E-state index in [1.807, 2.05) is 0 Å². The molecule has 0 radical (unpaired) electrons. The molecule has 0 aliphatic carbocycles. The molecule has 2 amide bonds. The predicted octanol–water partition coefficient (Wildman–Crippen LogP) is -0.304. The summed E-state index contributed by atoms with van der Waals surface area (Å²) in [5.41, 5.74) is 0. The Morgan fingerprint density at radius 3 is 2.48 bits per heavy atom. The van der Waals surface area contributed by atoms with Crippen molar-refractivity contribution in [3.05, 3.63) is 0 Å². The first-order valence-corrected chi connectivity index (χ1v) is 8.73. The van der Waals surface area contributed by atoms with Crippen molar-refractivity contribution in [1.82, 2.24) is 10.2 Å². The average molecular weight is 322 g/mol. The molecule has 0 atom stereocenters. The maximum Gasteiger partial charge on any atom is 0.329 e. The van der Waals surface area contributed by atoms with Crippen molar-refractivity contribution >= 4 is 21.8 Å². The van der Waals surface area contributed by atoms with Gasteiger partial charge in [0, 0.05) is 25.4 Å². The van der Waals surface area contributed by atoms with Gasteiger partial charge in [-0.3, -0.25) is 0 Å². The Hall–Kier alpha value is -1.35. The van der Waals surface area contributed by atoms with Crippen molar-refractivity contribution in [2.45, 2.75) is 25.9 Å². The number of likely N-dealkylation sites (tertiary alicyclic amines) is 1. The van der Waals surface area contributed by atoms with Crippen LogP contribution in [0.25, 0.3) is 0 Å². The van der Waals surface area contributed by atoms with Gasteiger partial charge in [0.25, 0.3) is 0 Å². The Morgan fingerprint density at radius 1 is 1.33 bits per heavy atom. The number of hydrogen-bond donors (Lipinski definition) is 2. The van der Waals surface area contributed by atoms with Crippen LogP contribution >= 0.6 is 0 Å². The summed E-state index contributed by atoms with van der Waals surface area (Å²) < 4.78 is 27.8. The number of sulfone groups is 1. The van der Waals surface area contributed by atoms with Gasteiger partial charge in [0.1, 0.15) is 6.61 Å². The summed E-state index contributed by atoms with van der Waals surface area (Å²) in [6.45, 7) is 2.28. The van der Waals surface area contributed by atoms with Crippen molar-refractivity contribution < 1.29 is 27.9 Å². The molecule has 0 aromatic heterocycles. The zero-order valence-electron chi connectivity index (χ0n) is 12.1. The van der Waals surface area contributed by atoms with E-state index in [0.29, 0.717) is 25.9 Å². The molecule has 9 heteroatoms. The Bertz CT molecular complexity index is 456. The molecule has 1 saturated heterocycles. The van der Waals surface area contributed by atoms with E-state index in [2.05, 4.69) is 5.32 Å². The molecule has 2 N–H and O–H groups in total. The molecule has 1 fully saturated rings. The number of carbonyl (C=O) groups excluding carboxylic acids is 1. The number of aliphatic carboxylic acids is 1. The van der Waals surface area contributed by atoms with E-state index in [9.17, 15) is 18.0 Å². The number of hydrogen-bond acceptors (Lipinski definition) is 5. The fourth-order valence-electron chi connectivity index (χ4n) is 1.98. The highest BCUT2D eigenvalue weighted by atomic mass is 32.2. The largest absolute Gasteiger partial charge is 0.480 e. The lowest BCUT2D eigenvalue weighted by Crippen LogP contribution is -2.47. The summed E-state index contributed by atoms with van der Waals surface area (Å²) in [6.07, 6.45) is 1.01. The van der Waals surface area contributed by atoms with Gasteiger partial charge >= 0.3 is 12.0 Å². The van der Waals surface area contributed by atoms with Crippen LogP contribution in [0.15, 0.2) is 0 Å². The van der Waals surface area contributed by atoms with E-state index in [4.69, 9.17) is 9.84 Å². The minimum Gasteiger partial charge on any atom is -0.480 e. The van der Waals surface area contributed by atoms with Crippen LogP contribution in [0.4, 0.5) is 4.79 Å². The Labute approximate surface area is 124 Å². The van der Waals surface area contributed by atoms with E-state index < -0.39 is 15.8 Å². The molecule has 1 aliphatic rings. The van der Waals surface area contributed by atoms with Crippen LogP contribution in [-0.2, 0) is 19.4 Å². The van der Waals surface area contributed by atoms with Crippen LogP contribution in [0.2, 0.25) is 0 Å². The first-order chi connectivity index (χ1) is 9.84. The molecule has 21 heavy (non-hydrogen) atoms. The first kappa shape index (κ1) is 17.7. The highest BCUT2D eigenvalue weighted by Gasteiger charge is 2.23. The van der Waals surface area contributed by atoms with Gasteiger partial charge in [0.2, 0.25) is 0 Å². The van der Waals surface area contributed by atoms with Crippen LogP contribution in [0.1, 0.15) is 19.8 Å². The van der Waals surface area contributed by atoms with Gasteiger partial charge in [0.05, 0.1) is 11.9 Å². The molecule has 1 heterocycles. The van der Waals surface area contributed by atoms with Crippen LogP contribution in [0.3, 0.4) is 0 Å². The van der Waals surface area contributed by atoms with Gasteiger partial charge < -0.3 is 20.1 Å². The third-order valence-electron chi connectivity index (χ3n) is 3.30. The van der Waals surface area contributed by atoms with E-state index >= 15 is 0 Å². The number of carboxylic acids is 1. The Kier molecular flexibility index (Phi) is 6.90. The van der Waals surface area contributed by atoms with Crippen molar-refractivity contribution in [1.29, 1.82) is 0 Å². The van der Waals surface area contributed by atoms with Gasteiger partial charge in [-0.1, -0.05) is 6.92 Å².